The number of halogens is 1. The summed E-state index contributed by atoms with van der Waals surface area (Å²) < 4.78 is 5.62. The normalized spacial score (nSPS) is 16.6. The highest BCUT2D eigenvalue weighted by atomic mass is 35.5. The molecule has 1 aliphatic heterocycles. The zero-order chi connectivity index (χ0) is 17.6. The van der Waals surface area contributed by atoms with Crippen molar-refractivity contribution in [1.82, 2.24) is 9.88 Å². The zero-order valence-corrected chi connectivity index (χ0v) is 15.1. The van der Waals surface area contributed by atoms with Gasteiger partial charge in [-0.3, -0.25) is 9.59 Å². The summed E-state index contributed by atoms with van der Waals surface area (Å²) >= 11 is 7.47. The Morgan fingerprint density at radius 1 is 1.40 bits per heavy atom. The number of anilines is 1. The van der Waals surface area contributed by atoms with E-state index in [0.29, 0.717) is 28.9 Å². The van der Waals surface area contributed by atoms with Crippen LogP contribution in [0.3, 0.4) is 0 Å². The minimum atomic E-state index is -0.298. The molecule has 3 rings (SSSR count). The van der Waals surface area contributed by atoms with Crippen molar-refractivity contribution in [3.8, 4) is 0 Å². The summed E-state index contributed by atoms with van der Waals surface area (Å²) in [6, 6.07) is 6.83. The quantitative estimate of drug-likeness (QED) is 0.837. The van der Waals surface area contributed by atoms with Crippen molar-refractivity contribution >= 4 is 39.9 Å². The van der Waals surface area contributed by atoms with Gasteiger partial charge in [-0.2, -0.15) is 0 Å². The third kappa shape index (κ3) is 4.78. The molecule has 6 nitrogen and oxygen atoms in total. The number of carbonyl (C=O) groups excluding carboxylic acids is 2. The molecule has 2 amide bonds. The fraction of sp³-hybridized carbons (Fsp3) is 0.353. The molecule has 1 aromatic carbocycles. The van der Waals surface area contributed by atoms with Crippen LogP contribution in [0.1, 0.15) is 23.2 Å². The topological polar surface area (TPSA) is 71.5 Å². The monoisotopic (exact) mass is 379 g/mol. The van der Waals surface area contributed by atoms with Gasteiger partial charge in [0, 0.05) is 24.7 Å². The van der Waals surface area contributed by atoms with Gasteiger partial charge in [0.1, 0.15) is 6.54 Å². The summed E-state index contributed by atoms with van der Waals surface area (Å²) in [5.41, 5.74) is 0.379. The number of amides is 2. The first-order valence-electron chi connectivity index (χ1n) is 7.98. The van der Waals surface area contributed by atoms with Gasteiger partial charge in [0.05, 0.1) is 16.7 Å². The van der Waals surface area contributed by atoms with Gasteiger partial charge in [-0.1, -0.05) is 23.7 Å². The largest absolute Gasteiger partial charge is 0.376 e. The van der Waals surface area contributed by atoms with Gasteiger partial charge in [-0.05, 0) is 25.0 Å². The lowest BCUT2D eigenvalue weighted by molar-refractivity contribution is -0.117. The molecule has 8 heteroatoms. The van der Waals surface area contributed by atoms with Crippen LogP contribution in [0.25, 0.3) is 0 Å². The summed E-state index contributed by atoms with van der Waals surface area (Å²) in [6.07, 6.45) is 3.39. The smallest absolute Gasteiger partial charge is 0.255 e. The van der Waals surface area contributed by atoms with Crippen molar-refractivity contribution in [3.05, 3.63) is 46.4 Å². The van der Waals surface area contributed by atoms with E-state index in [1.54, 1.807) is 35.8 Å². The number of hydrogen-bond donors (Lipinski definition) is 1. The van der Waals surface area contributed by atoms with Crippen LogP contribution in [0.5, 0.6) is 0 Å². The van der Waals surface area contributed by atoms with Crippen LogP contribution < -0.4 is 5.32 Å². The molecule has 0 radical (unpaired) electrons. The minimum absolute atomic E-state index is 0.0564. The third-order valence-electron chi connectivity index (χ3n) is 3.85. The van der Waals surface area contributed by atoms with Crippen LogP contribution in [-0.4, -0.2) is 47.5 Å². The molecule has 25 heavy (non-hydrogen) atoms. The molecule has 2 aromatic rings. The zero-order valence-electron chi connectivity index (χ0n) is 13.5. The molecule has 0 spiro atoms. The van der Waals surface area contributed by atoms with Crippen molar-refractivity contribution in [1.29, 1.82) is 0 Å². The fourth-order valence-corrected chi connectivity index (χ4v) is 3.44. The van der Waals surface area contributed by atoms with E-state index in [1.807, 2.05) is 0 Å². The Balaban J connectivity index is 1.73. The molecule has 1 atom stereocenters. The molecule has 0 aliphatic carbocycles. The van der Waals surface area contributed by atoms with E-state index < -0.39 is 0 Å². The molecule has 0 saturated carbocycles. The second kappa shape index (κ2) is 8.42. The second-order valence-electron chi connectivity index (χ2n) is 5.69. The minimum Gasteiger partial charge on any atom is -0.376 e. The number of nitrogens with zero attached hydrogens (tertiary/aromatic N) is 2. The summed E-state index contributed by atoms with van der Waals surface area (Å²) in [6.45, 7) is 0.961. The van der Waals surface area contributed by atoms with Crippen molar-refractivity contribution in [3.63, 3.8) is 0 Å². The molecule has 1 saturated heterocycles. The van der Waals surface area contributed by atoms with Gasteiger partial charge in [-0.25, -0.2) is 4.98 Å². The molecule has 1 fully saturated rings. The lowest BCUT2D eigenvalue weighted by atomic mass is 10.1. The molecular formula is C17H18ClN3O3S. The summed E-state index contributed by atoms with van der Waals surface area (Å²) in [4.78, 5) is 30.7. The van der Waals surface area contributed by atoms with Gasteiger partial charge < -0.3 is 15.0 Å². The van der Waals surface area contributed by atoms with Crippen molar-refractivity contribution < 1.29 is 14.3 Å². The number of thiazole rings is 1. The Labute approximate surface area is 154 Å². The van der Waals surface area contributed by atoms with E-state index in [0.717, 1.165) is 12.8 Å². The Morgan fingerprint density at radius 3 is 2.92 bits per heavy atom. The summed E-state index contributed by atoms with van der Waals surface area (Å²) in [5.74, 6) is -0.580. The first kappa shape index (κ1) is 17.8. The average molecular weight is 380 g/mol. The number of rotatable bonds is 6. The molecule has 0 bridgehead atoms. The van der Waals surface area contributed by atoms with Crippen molar-refractivity contribution in [2.75, 3.05) is 25.0 Å². The number of hydrogen-bond acceptors (Lipinski definition) is 5. The highest BCUT2D eigenvalue weighted by Gasteiger charge is 2.26. The van der Waals surface area contributed by atoms with Crippen molar-refractivity contribution in [2.24, 2.45) is 0 Å². The molecule has 1 unspecified atom stereocenters. The van der Waals surface area contributed by atoms with Crippen LogP contribution in [0, 0.1) is 0 Å². The number of aromatic nitrogens is 1. The summed E-state index contributed by atoms with van der Waals surface area (Å²) in [5, 5.41) is 5.34. The van der Waals surface area contributed by atoms with E-state index >= 15 is 0 Å². The number of carbonyl (C=O) groups is 2. The third-order valence-corrected chi connectivity index (χ3v) is 4.87. The Kier molecular flexibility index (Phi) is 6.01. The Hall–Kier alpha value is -1.96. The van der Waals surface area contributed by atoms with Crippen LogP contribution in [0.4, 0.5) is 5.13 Å². The van der Waals surface area contributed by atoms with Gasteiger partial charge >= 0.3 is 0 Å². The van der Waals surface area contributed by atoms with Gasteiger partial charge in [0.2, 0.25) is 5.91 Å². The van der Waals surface area contributed by atoms with Crippen molar-refractivity contribution in [2.45, 2.75) is 18.9 Å². The first-order chi connectivity index (χ1) is 12.1. The standard InChI is InChI=1S/C17H18ClN3O3S/c18-14-6-2-1-5-13(14)16(23)21(10-12-4-3-8-24-12)11-15(22)20-17-19-7-9-25-17/h1-2,5-7,9,12H,3-4,8,10-11H2,(H,19,20,22). The van der Waals surface area contributed by atoms with E-state index in [2.05, 4.69) is 10.3 Å². The molecule has 1 aromatic heterocycles. The van der Waals surface area contributed by atoms with E-state index in [9.17, 15) is 9.59 Å². The highest BCUT2D eigenvalue weighted by molar-refractivity contribution is 7.13. The lowest BCUT2D eigenvalue weighted by Crippen LogP contribution is -2.42. The first-order valence-corrected chi connectivity index (χ1v) is 9.24. The number of nitrogens with one attached hydrogen (secondary N) is 1. The maximum atomic E-state index is 12.9. The van der Waals surface area contributed by atoms with Gasteiger partial charge in [-0.15, -0.1) is 11.3 Å². The van der Waals surface area contributed by atoms with Crippen LogP contribution in [-0.2, 0) is 9.53 Å². The van der Waals surface area contributed by atoms with E-state index in [1.165, 1.54) is 16.2 Å². The molecule has 1 N–H and O–H groups in total. The van der Waals surface area contributed by atoms with Gasteiger partial charge in [0.15, 0.2) is 5.13 Å². The molecule has 2 heterocycles. The molecule has 132 valence electrons. The van der Waals surface area contributed by atoms with E-state index in [4.69, 9.17) is 16.3 Å². The molecular weight excluding hydrogens is 362 g/mol. The van der Waals surface area contributed by atoms with Gasteiger partial charge in [0.25, 0.3) is 5.91 Å². The predicted molar refractivity (Wildman–Crippen MR) is 97.1 cm³/mol. The average Bonchev–Trinajstić information content (AvgIpc) is 3.28. The van der Waals surface area contributed by atoms with Crippen LogP contribution in [0.2, 0.25) is 5.02 Å². The Morgan fingerprint density at radius 2 is 2.24 bits per heavy atom. The van der Waals surface area contributed by atoms with E-state index in [-0.39, 0.29) is 24.5 Å². The second-order valence-corrected chi connectivity index (χ2v) is 6.99. The molecule has 1 aliphatic rings. The summed E-state index contributed by atoms with van der Waals surface area (Å²) in [7, 11) is 0. The highest BCUT2D eigenvalue weighted by Crippen LogP contribution is 2.20. The van der Waals surface area contributed by atoms with Crippen LogP contribution in [0.15, 0.2) is 35.8 Å². The fourth-order valence-electron chi connectivity index (χ4n) is 2.68. The maximum absolute atomic E-state index is 12.9. The lowest BCUT2D eigenvalue weighted by Gasteiger charge is -2.25. The van der Waals surface area contributed by atoms with Crippen LogP contribution >= 0.6 is 22.9 Å². The number of benzene rings is 1. The maximum Gasteiger partial charge on any atom is 0.255 e. The Bertz CT molecular complexity index is 732. The number of ether oxygens (including phenoxy) is 1. The SMILES string of the molecule is O=C(CN(CC1CCCO1)C(=O)c1ccccc1Cl)Nc1nccs1. The predicted octanol–water partition coefficient (Wildman–Crippen LogP) is 3.06.